The number of hydrogen-bond donors (Lipinski definition) is 2. The molecular formula is C20H20N2O7. The van der Waals surface area contributed by atoms with Crippen molar-refractivity contribution < 1.29 is 33.7 Å². The van der Waals surface area contributed by atoms with Crippen molar-refractivity contribution in [2.45, 2.75) is 37.3 Å². The van der Waals surface area contributed by atoms with Gasteiger partial charge in [0, 0.05) is 0 Å². The number of aliphatic imine (C=N–C) groups is 1. The van der Waals surface area contributed by atoms with Crippen LogP contribution in [0.25, 0.3) is 0 Å². The van der Waals surface area contributed by atoms with Gasteiger partial charge in [-0.25, -0.2) is 9.59 Å². The minimum atomic E-state index is -0.943. The van der Waals surface area contributed by atoms with Crippen molar-refractivity contribution in [1.82, 2.24) is 0 Å². The van der Waals surface area contributed by atoms with Crippen LogP contribution < -0.4 is 5.73 Å². The van der Waals surface area contributed by atoms with Gasteiger partial charge >= 0.3 is 11.9 Å². The number of amides is 1. The number of benzene rings is 1. The fraction of sp³-hybridized carbons (Fsp3) is 0.400. The molecule has 1 fully saturated rings. The number of rotatable bonds is 4. The molecule has 4 rings (SSSR count). The first-order valence-electron chi connectivity index (χ1n) is 9.31. The van der Waals surface area contributed by atoms with Crippen molar-refractivity contribution >= 4 is 23.7 Å². The number of carbonyl (C=O) groups is 3. The Balaban J connectivity index is 1.54. The average molecular weight is 400 g/mol. The van der Waals surface area contributed by atoms with E-state index in [0.717, 1.165) is 0 Å². The Morgan fingerprint density at radius 2 is 1.59 bits per heavy atom. The van der Waals surface area contributed by atoms with Crippen molar-refractivity contribution in [3.63, 3.8) is 0 Å². The minimum Gasteiger partial charge on any atom is -0.452 e. The van der Waals surface area contributed by atoms with Gasteiger partial charge in [-0.2, -0.15) is 4.99 Å². The van der Waals surface area contributed by atoms with Gasteiger partial charge in [0.05, 0.1) is 29.8 Å². The summed E-state index contributed by atoms with van der Waals surface area (Å²) in [6, 6.07) is 6.21. The van der Waals surface area contributed by atoms with Crippen LogP contribution in [0.15, 0.2) is 41.4 Å². The lowest BCUT2D eigenvalue weighted by molar-refractivity contribution is -0.120. The summed E-state index contributed by atoms with van der Waals surface area (Å²) in [4.78, 5) is 40.9. The molecule has 1 aromatic rings. The second-order valence-corrected chi connectivity index (χ2v) is 7.10. The zero-order chi connectivity index (χ0) is 20.5. The molecule has 1 saturated heterocycles. The molecule has 9 heteroatoms. The molecule has 152 valence electrons. The first-order chi connectivity index (χ1) is 14.0. The van der Waals surface area contributed by atoms with Gasteiger partial charge < -0.3 is 25.1 Å². The maximum atomic E-state index is 12.6. The molecule has 0 radical (unpaired) electrons. The van der Waals surface area contributed by atoms with Crippen LogP contribution in [-0.2, 0) is 19.0 Å². The van der Waals surface area contributed by atoms with Crippen LogP contribution in [0, 0.1) is 5.92 Å². The van der Waals surface area contributed by atoms with Gasteiger partial charge in [0.2, 0.25) is 0 Å². The highest BCUT2D eigenvalue weighted by atomic mass is 16.6. The lowest BCUT2D eigenvalue weighted by atomic mass is 9.95. The number of nitrogens with two attached hydrogens (primary N) is 1. The fourth-order valence-electron chi connectivity index (χ4n) is 3.79. The van der Waals surface area contributed by atoms with Crippen LogP contribution in [0.3, 0.4) is 0 Å². The van der Waals surface area contributed by atoms with E-state index < -0.39 is 48.9 Å². The van der Waals surface area contributed by atoms with Crippen LogP contribution in [-0.4, -0.2) is 59.8 Å². The predicted molar refractivity (Wildman–Crippen MR) is 99.1 cm³/mol. The first-order valence-corrected chi connectivity index (χ1v) is 9.31. The molecule has 0 aliphatic carbocycles. The molecule has 1 amide bonds. The van der Waals surface area contributed by atoms with Gasteiger partial charge in [0.15, 0.2) is 12.2 Å². The number of dihydropyridines is 1. The topological polar surface area (TPSA) is 138 Å². The molecule has 29 heavy (non-hydrogen) atoms. The van der Waals surface area contributed by atoms with Crippen LogP contribution in [0.2, 0.25) is 0 Å². The number of fused-ring (bicyclic) bond motifs is 2. The van der Waals surface area contributed by atoms with Gasteiger partial charge in [0.25, 0.3) is 5.91 Å². The summed E-state index contributed by atoms with van der Waals surface area (Å²) in [6.07, 6.45) is 0.619. The summed E-state index contributed by atoms with van der Waals surface area (Å²) in [5.41, 5.74) is 5.72. The number of esters is 2. The summed E-state index contributed by atoms with van der Waals surface area (Å²) in [5.74, 6) is -2.00. The molecule has 1 unspecified atom stereocenters. The Kier molecular flexibility index (Phi) is 5.16. The highest BCUT2D eigenvalue weighted by molar-refractivity contribution is 6.04. The molecule has 0 spiro atoms. The first kappa shape index (κ1) is 19.3. The molecule has 0 aromatic heterocycles. The van der Waals surface area contributed by atoms with E-state index in [1.165, 1.54) is 12.1 Å². The quantitative estimate of drug-likeness (QED) is 0.691. The standard InChI is InChI=1S/C20H20N2O7/c21-15-8-6-10(18(24)22-15)5-7-13-16-17(14(9-23)27-13)29-20(26)12-4-2-1-3-11(12)19(25)28-16/h1-4,6,8,10,13-14,16-17,23H,5,7,9H2,(H2,21,22,24)/t10?,13-,14+,16-,17+/m0/s1. The Morgan fingerprint density at radius 3 is 2.17 bits per heavy atom. The van der Waals surface area contributed by atoms with Crippen molar-refractivity contribution in [1.29, 1.82) is 0 Å². The smallest absolute Gasteiger partial charge is 0.339 e. The molecule has 1 aromatic carbocycles. The molecule has 0 saturated carbocycles. The Hall–Kier alpha value is -3.04. The summed E-state index contributed by atoms with van der Waals surface area (Å²) in [7, 11) is 0. The third-order valence-corrected chi connectivity index (χ3v) is 5.26. The maximum absolute atomic E-state index is 12.6. The minimum absolute atomic E-state index is 0.101. The maximum Gasteiger partial charge on any atom is 0.339 e. The van der Waals surface area contributed by atoms with E-state index in [9.17, 15) is 19.5 Å². The van der Waals surface area contributed by atoms with Gasteiger partial charge in [-0.1, -0.05) is 18.2 Å². The van der Waals surface area contributed by atoms with Crippen molar-refractivity contribution in [3.05, 3.63) is 47.5 Å². The van der Waals surface area contributed by atoms with E-state index in [4.69, 9.17) is 19.9 Å². The summed E-state index contributed by atoms with van der Waals surface area (Å²) in [6.45, 7) is -0.409. The normalized spacial score (nSPS) is 31.1. The van der Waals surface area contributed by atoms with Gasteiger partial charge in [-0.05, 0) is 31.1 Å². The van der Waals surface area contributed by atoms with Crippen LogP contribution >= 0.6 is 0 Å². The predicted octanol–water partition coefficient (Wildman–Crippen LogP) is 0.361. The molecule has 3 aliphatic rings. The van der Waals surface area contributed by atoms with E-state index in [-0.39, 0.29) is 22.9 Å². The second-order valence-electron chi connectivity index (χ2n) is 7.10. The number of amidine groups is 1. The monoisotopic (exact) mass is 400 g/mol. The molecule has 5 atom stereocenters. The van der Waals surface area contributed by atoms with Gasteiger partial charge in [0.1, 0.15) is 11.9 Å². The molecule has 3 aliphatic heterocycles. The van der Waals surface area contributed by atoms with E-state index in [1.807, 2.05) is 0 Å². The highest BCUT2D eigenvalue weighted by Crippen LogP contribution is 2.33. The van der Waals surface area contributed by atoms with E-state index in [0.29, 0.717) is 12.8 Å². The zero-order valence-corrected chi connectivity index (χ0v) is 15.4. The Bertz CT molecular complexity index is 910. The summed E-state index contributed by atoms with van der Waals surface area (Å²) >= 11 is 0. The van der Waals surface area contributed by atoms with E-state index in [2.05, 4.69) is 4.99 Å². The number of aliphatic hydroxyl groups is 1. The van der Waals surface area contributed by atoms with Crippen LogP contribution in [0.1, 0.15) is 33.6 Å². The number of hydrogen-bond acceptors (Lipinski definition) is 8. The fourth-order valence-corrected chi connectivity index (χ4v) is 3.79. The molecule has 3 N–H and O–H groups in total. The van der Waals surface area contributed by atoms with Crippen molar-refractivity contribution in [2.24, 2.45) is 16.6 Å². The lowest BCUT2D eigenvalue weighted by Gasteiger charge is -2.27. The number of ether oxygens (including phenoxy) is 3. The average Bonchev–Trinajstić information content (AvgIpc) is 3.02. The zero-order valence-electron chi connectivity index (χ0n) is 15.4. The second kappa shape index (κ2) is 7.76. The molecular weight excluding hydrogens is 380 g/mol. The highest BCUT2D eigenvalue weighted by Gasteiger charge is 2.50. The third-order valence-electron chi connectivity index (χ3n) is 5.26. The number of nitrogens with zero attached hydrogens (tertiary/aromatic N) is 1. The third kappa shape index (κ3) is 3.66. The molecule has 0 bridgehead atoms. The Morgan fingerprint density at radius 1 is 0.966 bits per heavy atom. The van der Waals surface area contributed by atoms with Crippen molar-refractivity contribution in [3.8, 4) is 0 Å². The van der Waals surface area contributed by atoms with Crippen LogP contribution in [0.4, 0.5) is 0 Å². The molecule has 9 nitrogen and oxygen atoms in total. The summed E-state index contributed by atoms with van der Waals surface area (Å²) in [5, 5.41) is 9.67. The molecule has 3 heterocycles. The van der Waals surface area contributed by atoms with E-state index >= 15 is 0 Å². The largest absolute Gasteiger partial charge is 0.452 e. The number of aliphatic hydroxyl groups excluding tert-OH is 1. The van der Waals surface area contributed by atoms with Gasteiger partial charge in [-0.15, -0.1) is 0 Å². The van der Waals surface area contributed by atoms with Crippen LogP contribution in [0.5, 0.6) is 0 Å². The Labute approximate surface area is 166 Å². The lowest BCUT2D eigenvalue weighted by Crippen LogP contribution is -2.43. The number of carbonyl (C=O) groups excluding carboxylic acids is 3. The van der Waals surface area contributed by atoms with Crippen molar-refractivity contribution in [2.75, 3.05) is 6.61 Å². The SMILES string of the molecule is NC1=NC(=O)C(CC[C@@H]2O[C@H](CO)[C@H]3OC(=O)c4ccccc4C(=O)O[C@H]32)C=C1. The summed E-state index contributed by atoms with van der Waals surface area (Å²) < 4.78 is 17.0. The van der Waals surface area contributed by atoms with E-state index in [1.54, 1.807) is 24.3 Å². The van der Waals surface area contributed by atoms with Gasteiger partial charge in [-0.3, -0.25) is 4.79 Å².